The smallest absolute Gasteiger partial charge is 0.269 e. The van der Waals surface area contributed by atoms with Crippen LogP contribution in [0.25, 0.3) is 0 Å². The Kier molecular flexibility index (Phi) is 3.83. The molecule has 3 amide bonds. The van der Waals surface area contributed by atoms with Gasteiger partial charge in [-0.1, -0.05) is 35.4 Å². The van der Waals surface area contributed by atoms with Gasteiger partial charge in [0.25, 0.3) is 17.8 Å². The number of tetrazole rings is 1. The van der Waals surface area contributed by atoms with Crippen LogP contribution in [-0.2, 0) is 4.79 Å². The number of anilines is 2. The van der Waals surface area contributed by atoms with Crippen molar-refractivity contribution in [2.45, 2.75) is 12.6 Å². The van der Waals surface area contributed by atoms with E-state index in [2.05, 4.69) is 25.9 Å². The highest BCUT2D eigenvalue weighted by Crippen LogP contribution is 2.45. The van der Waals surface area contributed by atoms with Gasteiger partial charge in [-0.05, 0) is 23.4 Å². The minimum Gasteiger partial charge on any atom is -0.313 e. The molecule has 0 saturated carbocycles. The van der Waals surface area contributed by atoms with E-state index < -0.39 is 6.17 Å². The quantitative estimate of drug-likeness (QED) is 0.694. The number of amides is 3. The maximum Gasteiger partial charge on any atom is 0.269 e. The summed E-state index contributed by atoms with van der Waals surface area (Å²) in [5.74, 6) is -0.680. The predicted molar refractivity (Wildman–Crippen MR) is 101 cm³/mol. The molecule has 0 aliphatic carbocycles. The summed E-state index contributed by atoms with van der Waals surface area (Å²) in [7, 11) is 0. The lowest BCUT2D eigenvalue weighted by molar-refractivity contribution is -0.116. The molecule has 10 nitrogen and oxygen atoms in total. The molecule has 0 radical (unpaired) electrons. The van der Waals surface area contributed by atoms with Gasteiger partial charge < -0.3 is 4.90 Å². The zero-order valence-corrected chi connectivity index (χ0v) is 15.1. The number of aromatic nitrogens is 4. The van der Waals surface area contributed by atoms with Crippen LogP contribution in [0.2, 0.25) is 0 Å². The molecular weight excluding hydrogens is 374 g/mol. The fourth-order valence-electron chi connectivity index (χ4n) is 3.82. The first-order valence-electron chi connectivity index (χ1n) is 9.01. The zero-order chi connectivity index (χ0) is 20.0. The third-order valence-electron chi connectivity index (χ3n) is 5.06. The highest BCUT2D eigenvalue weighted by molar-refractivity contribution is 6.16. The summed E-state index contributed by atoms with van der Waals surface area (Å²) in [6.07, 6.45) is -0.567. The van der Waals surface area contributed by atoms with Crippen molar-refractivity contribution in [1.29, 1.82) is 0 Å². The molecule has 0 bridgehead atoms. The van der Waals surface area contributed by atoms with Crippen molar-refractivity contribution in [3.8, 4) is 0 Å². The van der Waals surface area contributed by atoms with E-state index in [0.29, 0.717) is 16.8 Å². The summed E-state index contributed by atoms with van der Waals surface area (Å²) in [5, 5.41) is 15.5. The first-order valence-corrected chi connectivity index (χ1v) is 9.01. The van der Waals surface area contributed by atoms with E-state index in [1.54, 1.807) is 46.2 Å². The van der Waals surface area contributed by atoms with E-state index in [0.717, 1.165) is 5.56 Å². The fourth-order valence-corrected chi connectivity index (χ4v) is 3.82. The van der Waals surface area contributed by atoms with Crippen molar-refractivity contribution in [2.24, 2.45) is 0 Å². The van der Waals surface area contributed by atoms with E-state index in [4.69, 9.17) is 0 Å². The average molecular weight is 389 g/mol. The molecule has 2 aromatic carbocycles. The van der Waals surface area contributed by atoms with Gasteiger partial charge in [0.15, 0.2) is 0 Å². The fraction of sp³-hybridized carbons (Fsp3) is 0.158. The molecule has 29 heavy (non-hydrogen) atoms. The molecular formula is C19H15N7O3. The molecule has 0 fully saturated rings. The lowest BCUT2D eigenvalue weighted by atomic mass is 10.0. The molecule has 10 heteroatoms. The van der Waals surface area contributed by atoms with Gasteiger partial charge in [-0.3, -0.25) is 24.6 Å². The van der Waals surface area contributed by atoms with Crippen molar-refractivity contribution in [1.82, 2.24) is 25.5 Å². The second-order valence-corrected chi connectivity index (χ2v) is 6.69. The summed E-state index contributed by atoms with van der Waals surface area (Å²) in [6.45, 7) is 0.125. The number of benzene rings is 2. The van der Waals surface area contributed by atoms with E-state index in [-0.39, 0.29) is 36.6 Å². The number of rotatable bonds is 4. The lowest BCUT2D eigenvalue weighted by Gasteiger charge is -2.40. The molecule has 5 rings (SSSR count). The first kappa shape index (κ1) is 17.0. The lowest BCUT2D eigenvalue weighted by Crippen LogP contribution is -2.49. The van der Waals surface area contributed by atoms with Crippen molar-refractivity contribution in [2.75, 3.05) is 16.8 Å². The Labute approximate surface area is 164 Å². The molecule has 1 atom stereocenters. The number of carbonyl (C=O) groups is 3. The second-order valence-electron chi connectivity index (χ2n) is 6.69. The zero-order valence-electron chi connectivity index (χ0n) is 15.1. The van der Waals surface area contributed by atoms with E-state index in [9.17, 15) is 14.4 Å². The number of fused-ring (bicyclic) bond motifs is 5. The van der Waals surface area contributed by atoms with Crippen LogP contribution in [0.4, 0.5) is 11.6 Å². The third kappa shape index (κ3) is 2.64. The predicted octanol–water partition coefficient (Wildman–Crippen LogP) is 1.34. The average Bonchev–Trinajstić information content (AvgIpc) is 3.35. The monoisotopic (exact) mass is 389 g/mol. The van der Waals surface area contributed by atoms with E-state index in [1.165, 1.54) is 0 Å². The standard InChI is InChI=1S/C19H15N7O3/c27-15(20-19-21-23-24-22-19)9-10-25-16-11-5-1-2-6-12(11)18(29)26(16)14-8-4-3-7-13(14)17(25)28/h1-8,16H,9-10H2,(H2,20,21,22,23,24,27)/t16-/m1/s1. The van der Waals surface area contributed by atoms with Crippen LogP contribution in [0.5, 0.6) is 0 Å². The Bertz CT molecular complexity index is 1130. The number of hydrogen-bond donors (Lipinski definition) is 2. The van der Waals surface area contributed by atoms with Crippen LogP contribution in [0, 0.1) is 0 Å². The molecule has 3 heterocycles. The van der Waals surface area contributed by atoms with Gasteiger partial charge >= 0.3 is 0 Å². The minimum absolute atomic E-state index is 0.0170. The van der Waals surface area contributed by atoms with Gasteiger partial charge in [0, 0.05) is 24.1 Å². The van der Waals surface area contributed by atoms with Gasteiger partial charge in [0.1, 0.15) is 6.17 Å². The van der Waals surface area contributed by atoms with E-state index in [1.807, 2.05) is 12.1 Å². The number of H-pyrrole nitrogens is 1. The van der Waals surface area contributed by atoms with Gasteiger partial charge in [-0.25, -0.2) is 0 Å². The van der Waals surface area contributed by atoms with Gasteiger partial charge in [0.2, 0.25) is 5.91 Å². The van der Waals surface area contributed by atoms with Crippen molar-refractivity contribution >= 4 is 29.4 Å². The van der Waals surface area contributed by atoms with Crippen molar-refractivity contribution < 1.29 is 14.4 Å². The molecule has 2 N–H and O–H groups in total. The summed E-state index contributed by atoms with van der Waals surface area (Å²) in [5.41, 5.74) is 2.32. The summed E-state index contributed by atoms with van der Waals surface area (Å²) in [4.78, 5) is 41.7. The number of aromatic amines is 1. The first-order chi connectivity index (χ1) is 14.1. The van der Waals surface area contributed by atoms with Crippen LogP contribution >= 0.6 is 0 Å². The summed E-state index contributed by atoms with van der Waals surface area (Å²) in [6, 6.07) is 14.2. The molecule has 0 saturated heterocycles. The van der Waals surface area contributed by atoms with Crippen LogP contribution in [-0.4, -0.2) is 49.8 Å². The normalized spacial score (nSPS) is 17.0. The molecule has 0 unspecified atom stereocenters. The van der Waals surface area contributed by atoms with Gasteiger partial charge in [-0.15, -0.1) is 5.10 Å². The SMILES string of the molecule is O=C(CCN1C(=O)c2ccccc2N2C(=O)c3ccccc3[C@H]12)Nc1nn[nH]n1. The molecule has 2 aliphatic heterocycles. The maximum absolute atomic E-state index is 13.2. The Morgan fingerprint density at radius 1 is 1.03 bits per heavy atom. The van der Waals surface area contributed by atoms with Crippen molar-refractivity contribution in [3.63, 3.8) is 0 Å². The van der Waals surface area contributed by atoms with Gasteiger partial charge in [0.05, 0.1) is 11.3 Å². The summed E-state index contributed by atoms with van der Waals surface area (Å²) < 4.78 is 0. The number of nitrogens with zero attached hydrogens (tertiary/aromatic N) is 5. The highest BCUT2D eigenvalue weighted by atomic mass is 16.2. The van der Waals surface area contributed by atoms with Crippen LogP contribution < -0.4 is 10.2 Å². The second kappa shape index (κ2) is 6.51. The number of para-hydroxylation sites is 1. The Balaban J connectivity index is 1.48. The molecule has 144 valence electrons. The third-order valence-corrected chi connectivity index (χ3v) is 5.06. The van der Waals surface area contributed by atoms with Crippen LogP contribution in [0.3, 0.4) is 0 Å². The van der Waals surface area contributed by atoms with E-state index >= 15 is 0 Å². The Hall–Kier alpha value is -4.08. The van der Waals surface area contributed by atoms with Crippen molar-refractivity contribution in [3.05, 3.63) is 65.2 Å². The Morgan fingerprint density at radius 3 is 2.59 bits per heavy atom. The number of hydrogen-bond acceptors (Lipinski definition) is 6. The number of carbonyl (C=O) groups excluding carboxylic acids is 3. The highest BCUT2D eigenvalue weighted by Gasteiger charge is 2.47. The minimum atomic E-state index is -0.584. The molecule has 1 aromatic heterocycles. The molecule has 3 aromatic rings. The van der Waals surface area contributed by atoms with Crippen LogP contribution in [0.15, 0.2) is 48.5 Å². The Morgan fingerprint density at radius 2 is 1.79 bits per heavy atom. The van der Waals surface area contributed by atoms with Crippen LogP contribution in [0.1, 0.15) is 38.9 Å². The number of nitrogens with one attached hydrogen (secondary N) is 2. The molecule has 2 aliphatic rings. The summed E-state index contributed by atoms with van der Waals surface area (Å²) >= 11 is 0. The molecule has 0 spiro atoms. The topological polar surface area (TPSA) is 124 Å². The maximum atomic E-state index is 13.2. The van der Waals surface area contributed by atoms with Gasteiger partial charge in [-0.2, -0.15) is 5.21 Å². The largest absolute Gasteiger partial charge is 0.313 e.